The number of piperidine rings is 1. The van der Waals surface area contributed by atoms with Gasteiger partial charge in [-0.2, -0.15) is 0 Å². The molecule has 1 aromatic carbocycles. The van der Waals surface area contributed by atoms with Crippen molar-refractivity contribution in [2.45, 2.75) is 58.9 Å². The first-order chi connectivity index (χ1) is 15.5. The number of rotatable bonds is 8. The van der Waals surface area contributed by atoms with E-state index in [1.54, 1.807) is 0 Å². The summed E-state index contributed by atoms with van der Waals surface area (Å²) >= 11 is 0. The zero-order valence-corrected chi connectivity index (χ0v) is 21.1. The van der Waals surface area contributed by atoms with Gasteiger partial charge in [0.1, 0.15) is 5.54 Å². The quantitative estimate of drug-likeness (QED) is 0.608. The molecule has 0 aromatic heterocycles. The van der Waals surface area contributed by atoms with Crippen molar-refractivity contribution >= 4 is 17.8 Å². The summed E-state index contributed by atoms with van der Waals surface area (Å²) in [5.74, 6) is 0.422. The highest BCUT2D eigenvalue weighted by molar-refractivity contribution is 6.07. The molecule has 1 aromatic rings. The van der Waals surface area contributed by atoms with E-state index in [1.165, 1.54) is 10.5 Å². The van der Waals surface area contributed by atoms with Crippen LogP contribution in [0.1, 0.15) is 61.0 Å². The fourth-order valence-electron chi connectivity index (χ4n) is 4.95. The van der Waals surface area contributed by atoms with Gasteiger partial charge >= 0.3 is 6.03 Å². The summed E-state index contributed by atoms with van der Waals surface area (Å²) in [6, 6.07) is 5.56. The van der Waals surface area contributed by atoms with Gasteiger partial charge in [-0.25, -0.2) is 4.79 Å². The Kier molecular flexibility index (Phi) is 7.83. The molecule has 2 aliphatic rings. The van der Waals surface area contributed by atoms with E-state index in [4.69, 9.17) is 0 Å². The molecule has 0 bridgehead atoms. The van der Waals surface area contributed by atoms with Crippen LogP contribution in [0.3, 0.4) is 0 Å². The highest BCUT2D eigenvalue weighted by Gasteiger charge is 2.55. The lowest BCUT2D eigenvalue weighted by molar-refractivity contribution is -0.134. The third-order valence-electron chi connectivity index (χ3n) is 7.32. The number of hydrogen-bond acceptors (Lipinski definition) is 4. The molecule has 2 heterocycles. The SMILES string of the molecule is Cc1ccc(C(=O)N2CCC([C@]3(CCC(C)C)NC(=O)N(CCN(C)C)C3=O)CC2)cc1C. The van der Waals surface area contributed by atoms with E-state index in [0.29, 0.717) is 56.9 Å². The van der Waals surface area contributed by atoms with Gasteiger partial charge in [0.15, 0.2) is 0 Å². The van der Waals surface area contributed by atoms with Gasteiger partial charge in [0.25, 0.3) is 11.8 Å². The Balaban J connectivity index is 1.74. The Hall–Kier alpha value is -2.41. The topological polar surface area (TPSA) is 73.0 Å². The molecule has 0 saturated carbocycles. The minimum atomic E-state index is -0.858. The van der Waals surface area contributed by atoms with E-state index in [9.17, 15) is 14.4 Å². The van der Waals surface area contributed by atoms with E-state index in [-0.39, 0.29) is 23.8 Å². The van der Waals surface area contributed by atoms with E-state index >= 15 is 0 Å². The number of nitrogens with zero attached hydrogens (tertiary/aromatic N) is 3. The number of amides is 4. The summed E-state index contributed by atoms with van der Waals surface area (Å²) in [6.07, 6.45) is 2.93. The lowest BCUT2D eigenvalue weighted by Gasteiger charge is -2.41. The van der Waals surface area contributed by atoms with Gasteiger partial charge in [-0.3, -0.25) is 14.5 Å². The average molecular weight is 457 g/mol. The van der Waals surface area contributed by atoms with E-state index < -0.39 is 5.54 Å². The first-order valence-electron chi connectivity index (χ1n) is 12.2. The van der Waals surface area contributed by atoms with Gasteiger partial charge in [-0.05, 0) is 88.7 Å². The second kappa shape index (κ2) is 10.2. The van der Waals surface area contributed by atoms with Crippen molar-refractivity contribution in [3.63, 3.8) is 0 Å². The highest BCUT2D eigenvalue weighted by Crippen LogP contribution is 2.38. The first-order valence-corrected chi connectivity index (χ1v) is 12.2. The maximum Gasteiger partial charge on any atom is 0.325 e. The number of hydrogen-bond donors (Lipinski definition) is 1. The zero-order chi connectivity index (χ0) is 24.3. The number of carbonyl (C=O) groups is 3. The molecular formula is C26H40N4O3. The lowest BCUT2D eigenvalue weighted by atomic mass is 9.73. The summed E-state index contributed by atoms with van der Waals surface area (Å²) in [5.41, 5.74) is 2.14. The minimum absolute atomic E-state index is 0.0286. The molecule has 33 heavy (non-hydrogen) atoms. The molecule has 0 spiro atoms. The average Bonchev–Trinajstić information content (AvgIpc) is 3.02. The van der Waals surface area contributed by atoms with Gasteiger partial charge in [0.05, 0.1) is 0 Å². The van der Waals surface area contributed by atoms with Crippen molar-refractivity contribution < 1.29 is 14.4 Å². The van der Waals surface area contributed by atoms with Gasteiger partial charge < -0.3 is 15.1 Å². The number of likely N-dealkylation sites (N-methyl/N-ethyl adjacent to an activating group) is 1. The minimum Gasteiger partial charge on any atom is -0.339 e. The molecule has 182 valence electrons. The Labute approximate surface area is 198 Å². The summed E-state index contributed by atoms with van der Waals surface area (Å²) in [4.78, 5) is 44.8. The standard InChI is InChI=1S/C26H40N4O3/c1-18(2)9-12-26(24(32)30(25(33)27-26)16-15-28(5)6)22-10-13-29(14-11-22)23(31)21-8-7-19(3)20(4)17-21/h7-8,17-18,22H,9-16H2,1-6H3,(H,27,33)/t26-/m0/s1. The molecule has 0 unspecified atom stereocenters. The van der Waals surface area contributed by atoms with Crippen molar-refractivity contribution in [1.82, 2.24) is 20.0 Å². The van der Waals surface area contributed by atoms with Crippen LogP contribution in [-0.4, -0.2) is 78.4 Å². The third kappa shape index (κ3) is 5.40. The maximum absolute atomic E-state index is 13.6. The Morgan fingerprint density at radius 3 is 2.39 bits per heavy atom. The molecular weight excluding hydrogens is 416 g/mol. The van der Waals surface area contributed by atoms with E-state index in [2.05, 4.69) is 19.2 Å². The molecule has 4 amide bonds. The van der Waals surface area contributed by atoms with Crippen molar-refractivity contribution in [3.8, 4) is 0 Å². The Morgan fingerprint density at radius 2 is 1.82 bits per heavy atom. The lowest BCUT2D eigenvalue weighted by Crippen LogP contribution is -2.56. The van der Waals surface area contributed by atoms with Crippen LogP contribution in [0.15, 0.2) is 18.2 Å². The third-order valence-corrected chi connectivity index (χ3v) is 7.32. The predicted molar refractivity (Wildman–Crippen MR) is 130 cm³/mol. The van der Waals surface area contributed by atoms with Gasteiger partial charge in [-0.1, -0.05) is 19.9 Å². The maximum atomic E-state index is 13.6. The summed E-state index contributed by atoms with van der Waals surface area (Å²) in [5, 5.41) is 3.12. The number of nitrogens with one attached hydrogen (secondary N) is 1. The van der Waals surface area contributed by atoms with Gasteiger partial charge in [-0.15, -0.1) is 0 Å². The second-order valence-electron chi connectivity index (χ2n) is 10.5. The number of aryl methyl sites for hydroxylation is 2. The van der Waals surface area contributed by atoms with E-state index in [0.717, 1.165) is 12.0 Å². The molecule has 0 radical (unpaired) electrons. The molecule has 0 aliphatic carbocycles. The number of urea groups is 1. The molecule has 7 heteroatoms. The van der Waals surface area contributed by atoms with Crippen molar-refractivity contribution in [2.75, 3.05) is 40.3 Å². The zero-order valence-electron chi connectivity index (χ0n) is 21.1. The number of carbonyl (C=O) groups excluding carboxylic acids is 3. The summed E-state index contributed by atoms with van der Waals surface area (Å²) in [7, 11) is 3.87. The van der Waals surface area contributed by atoms with Gasteiger partial charge in [0.2, 0.25) is 0 Å². The van der Waals surface area contributed by atoms with Crippen molar-refractivity contribution in [2.24, 2.45) is 11.8 Å². The molecule has 1 atom stereocenters. The van der Waals surface area contributed by atoms with Crippen LogP contribution in [0.25, 0.3) is 0 Å². The fraction of sp³-hybridized carbons (Fsp3) is 0.654. The molecule has 3 rings (SSSR count). The first kappa shape index (κ1) is 25.2. The monoisotopic (exact) mass is 456 g/mol. The summed E-state index contributed by atoms with van der Waals surface area (Å²) in [6.45, 7) is 10.6. The van der Waals surface area contributed by atoms with Crippen LogP contribution in [0, 0.1) is 25.7 Å². The second-order valence-corrected chi connectivity index (χ2v) is 10.5. The van der Waals surface area contributed by atoms with Crippen LogP contribution in [-0.2, 0) is 4.79 Å². The van der Waals surface area contributed by atoms with Crippen molar-refractivity contribution in [1.29, 1.82) is 0 Å². The van der Waals surface area contributed by atoms with Crippen LogP contribution in [0.4, 0.5) is 4.79 Å². The molecule has 2 fully saturated rings. The normalized spacial score (nSPS) is 21.9. The van der Waals surface area contributed by atoms with Crippen LogP contribution in [0.2, 0.25) is 0 Å². The smallest absolute Gasteiger partial charge is 0.325 e. The molecule has 2 saturated heterocycles. The summed E-state index contributed by atoms with van der Waals surface area (Å²) < 4.78 is 0. The van der Waals surface area contributed by atoms with Gasteiger partial charge in [0, 0.05) is 31.7 Å². The highest BCUT2D eigenvalue weighted by atomic mass is 16.2. The van der Waals surface area contributed by atoms with Crippen LogP contribution < -0.4 is 5.32 Å². The number of imide groups is 1. The van der Waals surface area contributed by atoms with Crippen LogP contribution >= 0.6 is 0 Å². The van der Waals surface area contributed by atoms with Crippen LogP contribution in [0.5, 0.6) is 0 Å². The largest absolute Gasteiger partial charge is 0.339 e. The molecule has 1 N–H and O–H groups in total. The fourth-order valence-corrected chi connectivity index (χ4v) is 4.95. The Morgan fingerprint density at radius 1 is 1.15 bits per heavy atom. The molecule has 7 nitrogen and oxygen atoms in total. The predicted octanol–water partition coefficient (Wildman–Crippen LogP) is 3.44. The Bertz CT molecular complexity index is 890. The van der Waals surface area contributed by atoms with Crippen molar-refractivity contribution in [3.05, 3.63) is 34.9 Å². The van der Waals surface area contributed by atoms with E-state index in [1.807, 2.05) is 55.9 Å². The number of benzene rings is 1. The number of likely N-dealkylation sites (tertiary alicyclic amines) is 1. The molecule has 2 aliphatic heterocycles.